The van der Waals surface area contributed by atoms with Crippen LogP contribution in [0.4, 0.5) is 0 Å². The van der Waals surface area contributed by atoms with E-state index in [1.54, 1.807) is 24.4 Å². The van der Waals surface area contributed by atoms with Crippen LogP contribution in [0.1, 0.15) is 23.7 Å². The lowest BCUT2D eigenvalue weighted by Crippen LogP contribution is -2.24. The van der Waals surface area contributed by atoms with Crippen molar-refractivity contribution in [2.45, 2.75) is 13.3 Å². The lowest BCUT2D eigenvalue weighted by atomic mass is 10.2. The summed E-state index contributed by atoms with van der Waals surface area (Å²) >= 11 is 1.39. The highest BCUT2D eigenvalue weighted by Crippen LogP contribution is 2.24. The first-order chi connectivity index (χ1) is 11.2. The maximum atomic E-state index is 12.1. The minimum Gasteiger partial charge on any atom is -0.352 e. The molecular formula is C17H15N3O2S. The van der Waals surface area contributed by atoms with Crippen LogP contribution in [0.15, 0.2) is 47.4 Å². The Morgan fingerprint density at radius 2 is 2.09 bits per heavy atom. The molecular weight excluding hydrogens is 310 g/mol. The van der Waals surface area contributed by atoms with Crippen molar-refractivity contribution in [1.82, 2.24) is 15.3 Å². The Morgan fingerprint density at radius 1 is 1.26 bits per heavy atom. The Bertz CT molecular complexity index is 921. The van der Waals surface area contributed by atoms with Gasteiger partial charge in [0.15, 0.2) is 0 Å². The third kappa shape index (κ3) is 3.27. The summed E-state index contributed by atoms with van der Waals surface area (Å²) < 4.78 is 0.852. The third-order valence-electron chi connectivity index (χ3n) is 3.30. The van der Waals surface area contributed by atoms with E-state index in [9.17, 15) is 9.59 Å². The van der Waals surface area contributed by atoms with Crippen molar-refractivity contribution in [2.24, 2.45) is 0 Å². The van der Waals surface area contributed by atoms with Crippen molar-refractivity contribution < 1.29 is 4.79 Å². The summed E-state index contributed by atoms with van der Waals surface area (Å²) in [6.45, 7) is 2.62. The number of pyridine rings is 1. The van der Waals surface area contributed by atoms with E-state index in [0.29, 0.717) is 28.2 Å². The van der Waals surface area contributed by atoms with E-state index in [4.69, 9.17) is 0 Å². The van der Waals surface area contributed by atoms with Crippen LogP contribution in [-0.2, 0) is 0 Å². The molecule has 2 heterocycles. The molecule has 0 unspecified atom stereocenters. The number of nitrogens with zero attached hydrogens (tertiary/aromatic N) is 2. The van der Waals surface area contributed by atoms with Gasteiger partial charge in [-0.15, -0.1) is 11.3 Å². The summed E-state index contributed by atoms with van der Waals surface area (Å²) in [6, 6.07) is 10.6. The van der Waals surface area contributed by atoms with Gasteiger partial charge in [-0.1, -0.05) is 19.1 Å². The first-order valence-corrected chi connectivity index (χ1v) is 8.15. The summed E-state index contributed by atoms with van der Waals surface area (Å²) in [5.74, 6) is -0.149. The lowest BCUT2D eigenvalue weighted by Gasteiger charge is -2.05. The second kappa shape index (κ2) is 6.66. The van der Waals surface area contributed by atoms with Crippen molar-refractivity contribution in [3.63, 3.8) is 0 Å². The van der Waals surface area contributed by atoms with Crippen LogP contribution in [0.3, 0.4) is 0 Å². The molecule has 2 aromatic heterocycles. The third-order valence-corrected chi connectivity index (χ3v) is 4.37. The zero-order valence-corrected chi connectivity index (χ0v) is 13.4. The lowest BCUT2D eigenvalue weighted by molar-refractivity contribution is 0.0953. The molecule has 0 aliphatic carbocycles. The Hall–Kier alpha value is -2.60. The number of nitrogens with one attached hydrogen (secondary N) is 1. The van der Waals surface area contributed by atoms with Gasteiger partial charge in [0.05, 0.1) is 11.1 Å². The number of hydrogen-bond acceptors (Lipinski definition) is 5. The molecule has 0 aliphatic heterocycles. The predicted molar refractivity (Wildman–Crippen MR) is 91.7 cm³/mol. The van der Waals surface area contributed by atoms with Gasteiger partial charge in [0.1, 0.15) is 5.01 Å². The van der Waals surface area contributed by atoms with E-state index in [-0.39, 0.29) is 11.5 Å². The summed E-state index contributed by atoms with van der Waals surface area (Å²) in [5.41, 5.74) is 0.761. The minimum atomic E-state index is -0.281. The zero-order valence-electron chi connectivity index (χ0n) is 12.6. The summed E-state index contributed by atoms with van der Waals surface area (Å²) in [7, 11) is 0. The summed E-state index contributed by atoms with van der Waals surface area (Å²) in [4.78, 5) is 32.5. The van der Waals surface area contributed by atoms with Gasteiger partial charge in [0, 0.05) is 23.0 Å². The normalized spacial score (nSPS) is 10.7. The van der Waals surface area contributed by atoms with Gasteiger partial charge in [-0.3, -0.25) is 14.6 Å². The maximum absolute atomic E-state index is 12.1. The molecule has 0 aliphatic rings. The van der Waals surface area contributed by atoms with E-state index >= 15 is 0 Å². The van der Waals surface area contributed by atoms with E-state index in [0.717, 1.165) is 11.1 Å². The molecule has 0 saturated carbocycles. The summed E-state index contributed by atoms with van der Waals surface area (Å²) in [6.07, 6.45) is 2.43. The standard InChI is InChI=1S/C17H15N3O2S/c1-2-8-19-15(21)11-7-9-18-13(10-11)17-20-16(22)12-5-3-4-6-14(12)23-17/h3-7,9-10H,2,8H2,1H3,(H,19,21). The monoisotopic (exact) mass is 325 g/mol. The van der Waals surface area contributed by atoms with Crippen LogP contribution >= 0.6 is 11.3 Å². The number of carbonyl (C=O) groups excluding carboxylic acids is 1. The number of benzene rings is 1. The molecule has 3 rings (SSSR count). The average molecular weight is 325 g/mol. The van der Waals surface area contributed by atoms with Crippen molar-refractivity contribution in [2.75, 3.05) is 6.54 Å². The Kier molecular flexibility index (Phi) is 4.43. The Balaban J connectivity index is 2.02. The molecule has 0 saturated heterocycles. The molecule has 0 fully saturated rings. The molecule has 23 heavy (non-hydrogen) atoms. The quantitative estimate of drug-likeness (QED) is 0.800. The topological polar surface area (TPSA) is 72.0 Å². The number of rotatable bonds is 4. The molecule has 5 nitrogen and oxygen atoms in total. The zero-order chi connectivity index (χ0) is 16.2. The summed E-state index contributed by atoms with van der Waals surface area (Å²) in [5, 5.41) is 3.93. The molecule has 1 amide bonds. The van der Waals surface area contributed by atoms with E-state index in [2.05, 4.69) is 15.3 Å². The molecule has 0 atom stereocenters. The van der Waals surface area contributed by atoms with Gasteiger partial charge in [-0.05, 0) is 30.7 Å². The molecule has 0 bridgehead atoms. The second-order valence-electron chi connectivity index (χ2n) is 5.01. The van der Waals surface area contributed by atoms with Crippen molar-refractivity contribution >= 4 is 27.3 Å². The fourth-order valence-corrected chi connectivity index (χ4v) is 3.12. The molecule has 116 valence electrons. The largest absolute Gasteiger partial charge is 0.352 e. The highest BCUT2D eigenvalue weighted by atomic mass is 32.1. The molecule has 6 heteroatoms. The van der Waals surface area contributed by atoms with Crippen LogP contribution in [0.2, 0.25) is 0 Å². The SMILES string of the molecule is CCCNC(=O)c1ccnc(-c2nc(=O)c3ccccc3s2)c1. The van der Waals surface area contributed by atoms with Gasteiger partial charge < -0.3 is 5.32 Å². The number of aromatic nitrogens is 2. The number of fused-ring (bicyclic) bond motifs is 1. The van der Waals surface area contributed by atoms with Crippen LogP contribution in [0, 0.1) is 0 Å². The van der Waals surface area contributed by atoms with Gasteiger partial charge in [0.2, 0.25) is 0 Å². The first kappa shape index (κ1) is 15.3. The van der Waals surface area contributed by atoms with Crippen molar-refractivity contribution in [3.8, 4) is 10.7 Å². The number of hydrogen-bond donors (Lipinski definition) is 1. The highest BCUT2D eigenvalue weighted by Gasteiger charge is 2.11. The van der Waals surface area contributed by atoms with Crippen LogP contribution < -0.4 is 10.9 Å². The first-order valence-electron chi connectivity index (χ1n) is 7.33. The fraction of sp³-hybridized carbons (Fsp3) is 0.176. The Morgan fingerprint density at radius 3 is 2.91 bits per heavy atom. The van der Waals surface area contributed by atoms with Crippen LogP contribution in [0.5, 0.6) is 0 Å². The average Bonchev–Trinajstić information content (AvgIpc) is 2.59. The fourth-order valence-electron chi connectivity index (χ4n) is 2.15. The van der Waals surface area contributed by atoms with Gasteiger partial charge >= 0.3 is 0 Å². The minimum absolute atomic E-state index is 0.149. The molecule has 1 aromatic carbocycles. The molecule has 3 aromatic rings. The van der Waals surface area contributed by atoms with Crippen LogP contribution in [0.25, 0.3) is 20.8 Å². The molecule has 0 spiro atoms. The maximum Gasteiger partial charge on any atom is 0.279 e. The van der Waals surface area contributed by atoms with Crippen molar-refractivity contribution in [1.29, 1.82) is 0 Å². The smallest absolute Gasteiger partial charge is 0.279 e. The predicted octanol–water partition coefficient (Wildman–Crippen LogP) is 2.86. The Labute approximate surface area is 137 Å². The van der Waals surface area contributed by atoms with E-state index in [1.807, 2.05) is 25.1 Å². The molecule has 1 N–H and O–H groups in total. The van der Waals surface area contributed by atoms with Gasteiger partial charge in [-0.25, -0.2) is 0 Å². The van der Waals surface area contributed by atoms with Gasteiger partial charge in [0.25, 0.3) is 11.5 Å². The number of carbonyl (C=O) groups is 1. The van der Waals surface area contributed by atoms with Crippen LogP contribution in [-0.4, -0.2) is 22.4 Å². The second-order valence-corrected chi connectivity index (χ2v) is 6.04. The van der Waals surface area contributed by atoms with E-state index < -0.39 is 0 Å². The van der Waals surface area contributed by atoms with E-state index in [1.165, 1.54) is 11.3 Å². The molecule has 0 radical (unpaired) electrons. The number of amides is 1. The van der Waals surface area contributed by atoms with Crippen molar-refractivity contribution in [3.05, 3.63) is 58.5 Å². The highest BCUT2D eigenvalue weighted by molar-refractivity contribution is 7.21. The van der Waals surface area contributed by atoms with Gasteiger partial charge in [-0.2, -0.15) is 4.98 Å².